The molecule has 33 heavy (non-hydrogen) atoms. The normalized spacial score (nSPS) is 12.0. The molecule has 174 valence electrons. The van der Waals surface area contributed by atoms with E-state index in [0.717, 1.165) is 0 Å². The van der Waals surface area contributed by atoms with E-state index in [0.29, 0.717) is 37.3 Å². The Balaban J connectivity index is 1.68. The number of thioether (sulfide) groups is 1. The molecule has 1 atom stereocenters. The maximum absolute atomic E-state index is 12.8. The second-order valence-electron chi connectivity index (χ2n) is 7.54. The zero-order valence-corrected chi connectivity index (χ0v) is 21.2. The smallest absolute Gasteiger partial charge is 0.251 e. The van der Waals surface area contributed by atoms with Gasteiger partial charge in [-0.1, -0.05) is 72.5 Å². The number of anilines is 1. The molecule has 0 bridgehead atoms. The Hall–Kier alpha value is -2.26. The van der Waals surface area contributed by atoms with Gasteiger partial charge in [0, 0.05) is 12.6 Å². The van der Waals surface area contributed by atoms with Crippen LogP contribution in [0.3, 0.4) is 0 Å². The van der Waals surface area contributed by atoms with Crippen molar-refractivity contribution >= 4 is 64.1 Å². The quantitative estimate of drug-likeness (QED) is 0.371. The zero-order valence-electron chi connectivity index (χ0n) is 18.1. The summed E-state index contributed by atoms with van der Waals surface area (Å²) in [5, 5.41) is 15.9. The summed E-state index contributed by atoms with van der Waals surface area (Å²) in [6.45, 7) is 3.94. The SMILES string of the molecule is CC(C)[C@@H](NC(=O)c1ccc(Cl)c(Cl)c1)c1nnc(SCC(=O)Nc2ccccc2Cl)n1C. The topological polar surface area (TPSA) is 88.9 Å². The van der Waals surface area contributed by atoms with Crippen LogP contribution in [-0.2, 0) is 11.8 Å². The van der Waals surface area contributed by atoms with Crippen LogP contribution >= 0.6 is 46.6 Å². The first-order valence-corrected chi connectivity index (χ1v) is 12.1. The molecule has 11 heteroatoms. The molecule has 0 fully saturated rings. The molecular formula is C22H22Cl3N5O2S. The number of para-hydroxylation sites is 1. The van der Waals surface area contributed by atoms with Crippen LogP contribution in [0.15, 0.2) is 47.6 Å². The number of carbonyl (C=O) groups excluding carboxylic acids is 2. The van der Waals surface area contributed by atoms with E-state index in [-0.39, 0.29) is 23.5 Å². The Labute approximate surface area is 211 Å². The third-order valence-electron chi connectivity index (χ3n) is 4.76. The molecule has 0 radical (unpaired) electrons. The number of hydrogen-bond acceptors (Lipinski definition) is 5. The number of aromatic nitrogens is 3. The van der Waals surface area contributed by atoms with E-state index in [1.165, 1.54) is 17.8 Å². The number of benzene rings is 2. The summed E-state index contributed by atoms with van der Waals surface area (Å²) in [5.41, 5.74) is 0.941. The van der Waals surface area contributed by atoms with Crippen LogP contribution in [0.1, 0.15) is 36.1 Å². The molecule has 3 rings (SSSR count). The van der Waals surface area contributed by atoms with E-state index < -0.39 is 6.04 Å². The van der Waals surface area contributed by atoms with Crippen LogP contribution in [0.4, 0.5) is 5.69 Å². The van der Waals surface area contributed by atoms with E-state index in [2.05, 4.69) is 20.8 Å². The number of nitrogens with zero attached hydrogens (tertiary/aromatic N) is 3. The van der Waals surface area contributed by atoms with E-state index in [9.17, 15) is 9.59 Å². The van der Waals surface area contributed by atoms with Gasteiger partial charge in [0.2, 0.25) is 5.91 Å². The molecule has 2 aromatic carbocycles. The van der Waals surface area contributed by atoms with E-state index in [1.807, 2.05) is 13.8 Å². The van der Waals surface area contributed by atoms with Crippen molar-refractivity contribution < 1.29 is 9.59 Å². The molecule has 0 spiro atoms. The first-order valence-electron chi connectivity index (χ1n) is 9.99. The van der Waals surface area contributed by atoms with Gasteiger partial charge in [-0.2, -0.15) is 0 Å². The van der Waals surface area contributed by atoms with Gasteiger partial charge in [-0.3, -0.25) is 9.59 Å². The Morgan fingerprint density at radius 2 is 1.76 bits per heavy atom. The Kier molecular flexibility index (Phi) is 8.64. The lowest BCUT2D eigenvalue weighted by Crippen LogP contribution is -2.33. The molecular weight excluding hydrogens is 505 g/mol. The fourth-order valence-electron chi connectivity index (χ4n) is 2.99. The zero-order chi connectivity index (χ0) is 24.1. The molecule has 0 aliphatic carbocycles. The van der Waals surface area contributed by atoms with Gasteiger partial charge in [-0.15, -0.1) is 10.2 Å². The van der Waals surface area contributed by atoms with Crippen molar-refractivity contribution in [1.29, 1.82) is 0 Å². The van der Waals surface area contributed by atoms with Gasteiger partial charge < -0.3 is 15.2 Å². The number of rotatable bonds is 8. The van der Waals surface area contributed by atoms with Crippen LogP contribution in [-0.4, -0.2) is 32.3 Å². The molecule has 1 aromatic heterocycles. The fraction of sp³-hybridized carbons (Fsp3) is 0.273. The van der Waals surface area contributed by atoms with Crippen molar-refractivity contribution in [2.24, 2.45) is 13.0 Å². The van der Waals surface area contributed by atoms with Crippen LogP contribution in [0.25, 0.3) is 0 Å². The summed E-state index contributed by atoms with van der Waals surface area (Å²) in [7, 11) is 1.80. The van der Waals surface area contributed by atoms with Gasteiger partial charge in [-0.05, 0) is 36.2 Å². The summed E-state index contributed by atoms with van der Waals surface area (Å²) in [6, 6.07) is 11.3. The average molecular weight is 527 g/mol. The molecule has 0 saturated carbocycles. The van der Waals surface area contributed by atoms with Crippen LogP contribution in [0.2, 0.25) is 15.1 Å². The molecule has 1 heterocycles. The van der Waals surface area contributed by atoms with Crippen LogP contribution < -0.4 is 10.6 Å². The van der Waals surface area contributed by atoms with Gasteiger partial charge in [-0.25, -0.2) is 0 Å². The largest absolute Gasteiger partial charge is 0.342 e. The molecule has 0 aliphatic rings. The van der Waals surface area contributed by atoms with Crippen molar-refractivity contribution in [1.82, 2.24) is 20.1 Å². The molecule has 0 saturated heterocycles. The van der Waals surface area contributed by atoms with Crippen molar-refractivity contribution in [2.45, 2.75) is 25.0 Å². The standard InChI is InChI=1S/C22H22Cl3N5O2S/c1-12(2)19(27-21(32)13-8-9-14(23)16(25)10-13)20-28-29-22(30(20)3)33-11-18(31)26-17-7-5-4-6-15(17)24/h4-10,12,19H,11H2,1-3H3,(H,26,31)(H,27,32)/t19-/m1/s1. The van der Waals surface area contributed by atoms with E-state index >= 15 is 0 Å². The minimum atomic E-state index is -0.407. The highest BCUT2D eigenvalue weighted by Crippen LogP contribution is 2.27. The fourth-order valence-corrected chi connectivity index (χ4v) is 4.19. The minimum absolute atomic E-state index is 0.0287. The highest BCUT2D eigenvalue weighted by atomic mass is 35.5. The van der Waals surface area contributed by atoms with Gasteiger partial charge in [0.1, 0.15) is 0 Å². The maximum Gasteiger partial charge on any atom is 0.251 e. The molecule has 7 nitrogen and oxygen atoms in total. The lowest BCUT2D eigenvalue weighted by molar-refractivity contribution is -0.113. The van der Waals surface area contributed by atoms with E-state index in [1.54, 1.807) is 48.0 Å². The van der Waals surface area contributed by atoms with Crippen molar-refractivity contribution in [3.05, 3.63) is 68.9 Å². The molecule has 0 aliphatic heterocycles. The maximum atomic E-state index is 12.8. The lowest BCUT2D eigenvalue weighted by atomic mass is 10.0. The molecule has 2 amide bonds. The first kappa shape index (κ1) is 25.4. The van der Waals surface area contributed by atoms with Gasteiger partial charge in [0.15, 0.2) is 11.0 Å². The van der Waals surface area contributed by atoms with Crippen molar-refractivity contribution in [2.75, 3.05) is 11.1 Å². The van der Waals surface area contributed by atoms with Crippen LogP contribution in [0, 0.1) is 5.92 Å². The molecule has 2 N–H and O–H groups in total. The summed E-state index contributed by atoms with van der Waals surface area (Å²) >= 11 is 19.3. The summed E-state index contributed by atoms with van der Waals surface area (Å²) < 4.78 is 1.77. The average Bonchev–Trinajstić information content (AvgIpc) is 3.13. The molecule has 3 aromatic rings. The van der Waals surface area contributed by atoms with Gasteiger partial charge >= 0.3 is 0 Å². The highest BCUT2D eigenvalue weighted by molar-refractivity contribution is 7.99. The highest BCUT2D eigenvalue weighted by Gasteiger charge is 2.25. The monoisotopic (exact) mass is 525 g/mol. The Morgan fingerprint density at radius 3 is 2.42 bits per heavy atom. The van der Waals surface area contributed by atoms with Crippen LogP contribution in [0.5, 0.6) is 0 Å². The number of halogens is 3. The minimum Gasteiger partial charge on any atom is -0.342 e. The lowest BCUT2D eigenvalue weighted by Gasteiger charge is -2.22. The number of carbonyl (C=O) groups is 2. The third kappa shape index (κ3) is 6.41. The van der Waals surface area contributed by atoms with Crippen molar-refractivity contribution in [3.63, 3.8) is 0 Å². The predicted octanol–water partition coefficient (Wildman–Crippen LogP) is 5.63. The van der Waals surface area contributed by atoms with Gasteiger partial charge in [0.25, 0.3) is 5.91 Å². The van der Waals surface area contributed by atoms with E-state index in [4.69, 9.17) is 34.8 Å². The second-order valence-corrected chi connectivity index (χ2v) is 9.70. The Bertz CT molecular complexity index is 1170. The Morgan fingerprint density at radius 1 is 1.03 bits per heavy atom. The summed E-state index contributed by atoms with van der Waals surface area (Å²) in [6.07, 6.45) is 0. The summed E-state index contributed by atoms with van der Waals surface area (Å²) in [5.74, 6) is 0.210. The number of hydrogen-bond donors (Lipinski definition) is 2. The third-order valence-corrected chi connectivity index (χ3v) is 6.85. The number of nitrogens with one attached hydrogen (secondary N) is 2. The van der Waals surface area contributed by atoms with Gasteiger partial charge in [0.05, 0.1) is 32.5 Å². The number of amides is 2. The predicted molar refractivity (Wildman–Crippen MR) is 133 cm³/mol. The van der Waals surface area contributed by atoms with Crippen molar-refractivity contribution in [3.8, 4) is 0 Å². The second kappa shape index (κ2) is 11.2. The molecule has 0 unspecified atom stereocenters. The summed E-state index contributed by atoms with van der Waals surface area (Å²) in [4.78, 5) is 25.1. The first-order chi connectivity index (χ1) is 15.7.